The summed E-state index contributed by atoms with van der Waals surface area (Å²) in [6, 6.07) is 16.3. The molecule has 3 nitrogen and oxygen atoms in total. The van der Waals surface area contributed by atoms with Gasteiger partial charge in [0.1, 0.15) is 11.8 Å². The number of benzene rings is 2. The van der Waals surface area contributed by atoms with Crippen LogP contribution in [0.2, 0.25) is 0 Å². The van der Waals surface area contributed by atoms with Gasteiger partial charge in [-0.15, -0.1) is 0 Å². The molecule has 0 aliphatic heterocycles. The van der Waals surface area contributed by atoms with Crippen LogP contribution in [0.4, 0.5) is 0 Å². The van der Waals surface area contributed by atoms with E-state index >= 15 is 0 Å². The second kappa shape index (κ2) is 9.94. The molecule has 3 heteroatoms. The molecule has 1 saturated carbocycles. The fourth-order valence-corrected chi connectivity index (χ4v) is 4.38. The van der Waals surface area contributed by atoms with Crippen LogP contribution in [0.25, 0.3) is 0 Å². The SMILES string of the molecule is CCc1ccc(OC(=O)C2(c3ccc(CCC(C)C)cc3)CCCCC2)c(C#N)c1. The number of carbonyl (C=O) groups is 1. The lowest BCUT2D eigenvalue weighted by molar-refractivity contribution is -0.142. The minimum absolute atomic E-state index is 0.224. The normalized spacial score (nSPS) is 15.6. The smallest absolute Gasteiger partial charge is 0.321 e. The second-order valence-electron chi connectivity index (χ2n) is 8.96. The fourth-order valence-electron chi connectivity index (χ4n) is 4.38. The molecule has 30 heavy (non-hydrogen) atoms. The number of hydrogen-bond donors (Lipinski definition) is 0. The van der Waals surface area contributed by atoms with Crippen molar-refractivity contribution in [1.82, 2.24) is 0 Å². The van der Waals surface area contributed by atoms with Gasteiger partial charge < -0.3 is 4.74 Å². The Kier molecular flexibility index (Phi) is 7.32. The van der Waals surface area contributed by atoms with Gasteiger partial charge in [0, 0.05) is 0 Å². The van der Waals surface area contributed by atoms with Gasteiger partial charge in [-0.1, -0.05) is 70.4 Å². The number of nitriles is 1. The maximum Gasteiger partial charge on any atom is 0.321 e. The average Bonchev–Trinajstić information content (AvgIpc) is 2.78. The molecular formula is C27H33NO2. The molecule has 0 atom stereocenters. The van der Waals surface area contributed by atoms with Gasteiger partial charge in [-0.2, -0.15) is 5.26 Å². The summed E-state index contributed by atoms with van der Waals surface area (Å²) in [5, 5.41) is 9.52. The zero-order chi connectivity index (χ0) is 21.6. The van der Waals surface area contributed by atoms with Crippen molar-refractivity contribution < 1.29 is 9.53 Å². The van der Waals surface area contributed by atoms with Crippen LogP contribution in [-0.4, -0.2) is 5.97 Å². The highest BCUT2D eigenvalue weighted by Crippen LogP contribution is 2.41. The Morgan fingerprint density at radius 2 is 1.73 bits per heavy atom. The van der Waals surface area contributed by atoms with Crippen LogP contribution in [0.5, 0.6) is 5.75 Å². The first-order valence-electron chi connectivity index (χ1n) is 11.3. The Morgan fingerprint density at radius 3 is 2.33 bits per heavy atom. The molecule has 0 saturated heterocycles. The van der Waals surface area contributed by atoms with E-state index in [1.54, 1.807) is 6.07 Å². The lowest BCUT2D eigenvalue weighted by Crippen LogP contribution is -2.41. The standard InChI is InChI=1S/C27H33NO2/c1-4-21-12-15-25(23(18-21)19-28)30-26(29)27(16-6-5-7-17-27)24-13-10-22(11-14-24)9-8-20(2)3/h10-15,18,20H,4-9,16-17H2,1-3H3. The van der Waals surface area contributed by atoms with E-state index in [9.17, 15) is 10.1 Å². The number of nitrogens with zero attached hydrogens (tertiary/aromatic N) is 1. The molecule has 0 unspecified atom stereocenters. The molecule has 0 spiro atoms. The molecule has 2 aromatic rings. The summed E-state index contributed by atoms with van der Waals surface area (Å²) in [5.41, 5.74) is 3.23. The lowest BCUT2D eigenvalue weighted by Gasteiger charge is -2.35. The molecule has 0 aromatic heterocycles. The number of aryl methyl sites for hydroxylation is 2. The molecule has 158 valence electrons. The molecule has 1 aliphatic carbocycles. The largest absolute Gasteiger partial charge is 0.424 e. The molecule has 1 aliphatic rings. The number of carbonyl (C=O) groups excluding carboxylic acids is 1. The highest BCUT2D eigenvalue weighted by atomic mass is 16.5. The Balaban J connectivity index is 1.86. The minimum atomic E-state index is -0.620. The zero-order valence-corrected chi connectivity index (χ0v) is 18.5. The number of hydrogen-bond acceptors (Lipinski definition) is 3. The van der Waals surface area contributed by atoms with E-state index in [0.29, 0.717) is 17.2 Å². The van der Waals surface area contributed by atoms with Crippen molar-refractivity contribution in [2.75, 3.05) is 0 Å². The van der Waals surface area contributed by atoms with Gasteiger partial charge in [-0.05, 0) is 66.8 Å². The number of rotatable bonds is 7. The van der Waals surface area contributed by atoms with Crippen LogP contribution in [0.3, 0.4) is 0 Å². The molecule has 2 aromatic carbocycles. The van der Waals surface area contributed by atoms with Gasteiger partial charge in [0.2, 0.25) is 0 Å². The summed E-state index contributed by atoms with van der Waals surface area (Å²) in [6.45, 7) is 6.53. The first-order valence-corrected chi connectivity index (χ1v) is 11.3. The van der Waals surface area contributed by atoms with Crippen LogP contribution in [0.1, 0.15) is 81.5 Å². The third-order valence-corrected chi connectivity index (χ3v) is 6.39. The predicted octanol–water partition coefficient (Wildman–Crippen LogP) is 6.52. The highest BCUT2D eigenvalue weighted by Gasteiger charge is 2.43. The summed E-state index contributed by atoms with van der Waals surface area (Å²) in [6.07, 6.45) is 7.85. The van der Waals surface area contributed by atoms with Crippen LogP contribution in [0, 0.1) is 17.2 Å². The van der Waals surface area contributed by atoms with Crippen LogP contribution < -0.4 is 4.74 Å². The third-order valence-electron chi connectivity index (χ3n) is 6.39. The fraction of sp³-hybridized carbons (Fsp3) is 0.481. The van der Waals surface area contributed by atoms with Crippen molar-refractivity contribution in [3.63, 3.8) is 0 Å². The summed E-state index contributed by atoms with van der Waals surface area (Å²) in [7, 11) is 0. The molecule has 0 heterocycles. The molecule has 1 fully saturated rings. The van der Waals surface area contributed by atoms with Gasteiger partial charge in [0.15, 0.2) is 0 Å². The van der Waals surface area contributed by atoms with Crippen LogP contribution >= 0.6 is 0 Å². The van der Waals surface area contributed by atoms with Crippen LogP contribution in [0.15, 0.2) is 42.5 Å². The second-order valence-corrected chi connectivity index (χ2v) is 8.96. The Bertz CT molecular complexity index is 899. The van der Waals surface area contributed by atoms with Gasteiger partial charge >= 0.3 is 5.97 Å². The van der Waals surface area contributed by atoms with E-state index in [-0.39, 0.29) is 5.97 Å². The van der Waals surface area contributed by atoms with Crippen molar-refractivity contribution in [3.05, 3.63) is 64.7 Å². The summed E-state index contributed by atoms with van der Waals surface area (Å²) in [4.78, 5) is 13.5. The van der Waals surface area contributed by atoms with Gasteiger partial charge in [-0.3, -0.25) is 4.79 Å². The first-order chi connectivity index (χ1) is 14.5. The molecule has 0 N–H and O–H groups in total. The molecular weight excluding hydrogens is 370 g/mol. The van der Waals surface area contributed by atoms with Crippen LogP contribution in [-0.2, 0) is 23.1 Å². The van der Waals surface area contributed by atoms with Crippen molar-refractivity contribution in [1.29, 1.82) is 5.26 Å². The van der Waals surface area contributed by atoms with Gasteiger partial charge in [0.25, 0.3) is 0 Å². The molecule has 0 amide bonds. The predicted molar refractivity (Wildman–Crippen MR) is 121 cm³/mol. The lowest BCUT2D eigenvalue weighted by atomic mass is 9.69. The Labute approximate surface area is 181 Å². The molecule has 0 radical (unpaired) electrons. The summed E-state index contributed by atoms with van der Waals surface area (Å²) in [5.74, 6) is 0.828. The average molecular weight is 404 g/mol. The zero-order valence-electron chi connectivity index (χ0n) is 18.5. The maximum absolute atomic E-state index is 13.5. The Morgan fingerprint density at radius 1 is 1.07 bits per heavy atom. The van der Waals surface area contributed by atoms with Crippen molar-refractivity contribution in [2.24, 2.45) is 5.92 Å². The Hall–Kier alpha value is -2.60. The monoisotopic (exact) mass is 403 g/mol. The number of ether oxygens (including phenoxy) is 1. The minimum Gasteiger partial charge on any atom is -0.424 e. The quantitative estimate of drug-likeness (QED) is 0.391. The van der Waals surface area contributed by atoms with E-state index in [1.165, 1.54) is 5.56 Å². The van der Waals surface area contributed by atoms with E-state index in [2.05, 4.69) is 44.2 Å². The van der Waals surface area contributed by atoms with E-state index < -0.39 is 5.41 Å². The summed E-state index contributed by atoms with van der Waals surface area (Å²) < 4.78 is 5.88. The van der Waals surface area contributed by atoms with Gasteiger partial charge in [0.05, 0.1) is 11.0 Å². The third kappa shape index (κ3) is 4.93. The van der Waals surface area contributed by atoms with E-state index in [1.807, 2.05) is 19.1 Å². The van der Waals surface area contributed by atoms with Crippen molar-refractivity contribution in [3.8, 4) is 11.8 Å². The summed E-state index contributed by atoms with van der Waals surface area (Å²) >= 11 is 0. The highest BCUT2D eigenvalue weighted by molar-refractivity contribution is 5.85. The molecule has 0 bridgehead atoms. The molecule has 3 rings (SSSR count). The van der Waals surface area contributed by atoms with E-state index in [4.69, 9.17) is 4.74 Å². The first kappa shape index (κ1) is 22.1. The van der Waals surface area contributed by atoms with E-state index in [0.717, 1.165) is 62.5 Å². The van der Waals surface area contributed by atoms with Crippen molar-refractivity contribution in [2.45, 2.75) is 77.6 Å². The topological polar surface area (TPSA) is 50.1 Å². The van der Waals surface area contributed by atoms with Crippen molar-refractivity contribution >= 4 is 5.97 Å². The maximum atomic E-state index is 13.5. The van der Waals surface area contributed by atoms with Gasteiger partial charge in [-0.25, -0.2) is 0 Å². The number of esters is 1.